The van der Waals surface area contributed by atoms with Gasteiger partial charge in [0.05, 0.1) is 13.2 Å². The number of nitrogens with one attached hydrogen (secondary N) is 1. The van der Waals surface area contributed by atoms with Gasteiger partial charge in [0.1, 0.15) is 27.3 Å². The van der Waals surface area contributed by atoms with Gasteiger partial charge >= 0.3 is 0 Å². The van der Waals surface area contributed by atoms with Crippen LogP contribution in [0.1, 0.15) is 33.9 Å². The number of hydrogen-bond donors (Lipinski definition) is 1. The van der Waals surface area contributed by atoms with E-state index in [4.69, 9.17) is 9.72 Å². The van der Waals surface area contributed by atoms with Crippen LogP contribution in [0, 0.1) is 13.8 Å². The summed E-state index contributed by atoms with van der Waals surface area (Å²) in [5, 5.41) is 15.2. The molecule has 0 aliphatic carbocycles. The minimum absolute atomic E-state index is 0.0303. The maximum atomic E-state index is 13.9. The molecule has 1 atom stereocenters. The van der Waals surface area contributed by atoms with Gasteiger partial charge in [-0.15, -0.1) is 10.2 Å². The van der Waals surface area contributed by atoms with Gasteiger partial charge in [0.25, 0.3) is 5.91 Å². The molecular weight excluding hydrogens is 448 g/mol. The van der Waals surface area contributed by atoms with E-state index in [1.807, 2.05) is 43.0 Å². The number of pyridine rings is 2. The highest BCUT2D eigenvalue weighted by Crippen LogP contribution is 2.36. The van der Waals surface area contributed by atoms with Gasteiger partial charge in [0.2, 0.25) is 0 Å². The Morgan fingerprint density at radius 2 is 2.03 bits per heavy atom. The lowest BCUT2D eigenvalue weighted by Gasteiger charge is -2.34. The van der Waals surface area contributed by atoms with Gasteiger partial charge in [-0.1, -0.05) is 17.4 Å². The van der Waals surface area contributed by atoms with Crippen LogP contribution < -0.4 is 15.0 Å². The number of anilines is 1. The third-order valence-corrected chi connectivity index (χ3v) is 7.02. The second-order valence-corrected chi connectivity index (χ2v) is 9.56. The molecule has 5 rings (SSSR count). The Morgan fingerprint density at radius 1 is 1.15 bits per heavy atom. The van der Waals surface area contributed by atoms with Crippen LogP contribution in [-0.4, -0.2) is 52.3 Å². The molecule has 4 aromatic rings. The number of carbonyl (C=O) groups is 1. The van der Waals surface area contributed by atoms with Crippen molar-refractivity contribution in [3.05, 3.63) is 59.0 Å². The van der Waals surface area contributed by atoms with Crippen LogP contribution in [0.2, 0.25) is 0 Å². The number of carbonyl (C=O) groups excluding carboxylic acids is 1. The number of nitrogens with zero attached hydrogens (tertiary/aromatic N) is 5. The van der Waals surface area contributed by atoms with E-state index in [0.29, 0.717) is 18.1 Å². The molecule has 3 aromatic heterocycles. The molecule has 0 bridgehead atoms. The maximum Gasteiger partial charge on any atom is 0.278 e. The van der Waals surface area contributed by atoms with Crippen molar-refractivity contribution >= 4 is 33.8 Å². The van der Waals surface area contributed by atoms with Crippen LogP contribution >= 0.6 is 11.3 Å². The highest BCUT2D eigenvalue weighted by Gasteiger charge is 2.31. The minimum Gasteiger partial charge on any atom is -0.496 e. The summed E-state index contributed by atoms with van der Waals surface area (Å²) in [6.07, 6.45) is 5.31. The lowest BCUT2D eigenvalue weighted by Crippen LogP contribution is -2.49. The number of rotatable bonds is 5. The molecule has 1 fully saturated rings. The molecule has 1 N–H and O–H groups in total. The molecule has 1 saturated heterocycles. The number of amides is 1. The summed E-state index contributed by atoms with van der Waals surface area (Å²) >= 11 is 1.50. The van der Waals surface area contributed by atoms with E-state index in [1.165, 1.54) is 11.3 Å². The first-order valence-electron chi connectivity index (χ1n) is 11.3. The topological polar surface area (TPSA) is 93.1 Å². The van der Waals surface area contributed by atoms with Crippen LogP contribution in [0.5, 0.6) is 5.75 Å². The maximum absolute atomic E-state index is 13.9. The summed E-state index contributed by atoms with van der Waals surface area (Å²) in [5.74, 6) is 1.22. The van der Waals surface area contributed by atoms with E-state index in [9.17, 15) is 4.79 Å². The number of ether oxygens (including phenoxy) is 1. The van der Waals surface area contributed by atoms with E-state index in [-0.39, 0.29) is 11.9 Å². The lowest BCUT2D eigenvalue weighted by molar-refractivity contribution is 0.0967. The first kappa shape index (κ1) is 22.4. The molecule has 174 valence electrons. The molecule has 9 heteroatoms. The van der Waals surface area contributed by atoms with Gasteiger partial charge in [-0.25, -0.2) is 4.98 Å². The van der Waals surface area contributed by atoms with Gasteiger partial charge < -0.3 is 10.1 Å². The van der Waals surface area contributed by atoms with E-state index in [0.717, 1.165) is 57.1 Å². The molecule has 0 radical (unpaired) electrons. The molecule has 1 amide bonds. The molecule has 1 aliphatic heterocycles. The second-order valence-electron chi connectivity index (χ2n) is 8.38. The highest BCUT2D eigenvalue weighted by molar-refractivity contribution is 7.14. The van der Waals surface area contributed by atoms with Crippen molar-refractivity contribution in [2.75, 3.05) is 25.1 Å². The molecule has 34 heavy (non-hydrogen) atoms. The fraction of sp³-hybridized carbons (Fsp3) is 0.320. The van der Waals surface area contributed by atoms with E-state index in [2.05, 4.69) is 20.5 Å². The number of fused-ring (bicyclic) bond motifs is 1. The van der Waals surface area contributed by atoms with Crippen molar-refractivity contribution in [2.45, 2.75) is 32.7 Å². The van der Waals surface area contributed by atoms with Gasteiger partial charge in [-0.2, -0.15) is 0 Å². The Balaban J connectivity index is 1.59. The van der Waals surface area contributed by atoms with Gasteiger partial charge in [0, 0.05) is 35.3 Å². The fourth-order valence-electron chi connectivity index (χ4n) is 4.45. The van der Waals surface area contributed by atoms with Crippen molar-refractivity contribution < 1.29 is 9.53 Å². The number of aryl methyl sites for hydroxylation is 2. The van der Waals surface area contributed by atoms with Crippen molar-refractivity contribution in [3.63, 3.8) is 0 Å². The number of methoxy groups -OCH3 is 1. The molecule has 0 spiro atoms. The highest BCUT2D eigenvalue weighted by atomic mass is 32.1. The van der Waals surface area contributed by atoms with Crippen LogP contribution in [0.15, 0.2) is 42.7 Å². The van der Waals surface area contributed by atoms with Crippen LogP contribution in [0.3, 0.4) is 0 Å². The smallest absolute Gasteiger partial charge is 0.278 e. The summed E-state index contributed by atoms with van der Waals surface area (Å²) in [5.41, 5.74) is 2.25. The summed E-state index contributed by atoms with van der Waals surface area (Å²) < 4.78 is 5.60. The number of benzene rings is 1. The molecule has 0 unspecified atom stereocenters. The van der Waals surface area contributed by atoms with Crippen molar-refractivity contribution in [1.82, 2.24) is 25.5 Å². The van der Waals surface area contributed by atoms with E-state index in [1.54, 1.807) is 25.6 Å². The zero-order valence-electron chi connectivity index (χ0n) is 19.4. The largest absolute Gasteiger partial charge is 0.496 e. The quantitative estimate of drug-likeness (QED) is 0.464. The zero-order chi connectivity index (χ0) is 23.7. The minimum atomic E-state index is -0.170. The van der Waals surface area contributed by atoms with Gasteiger partial charge in [0.15, 0.2) is 0 Å². The summed E-state index contributed by atoms with van der Waals surface area (Å²) in [6.45, 7) is 5.60. The van der Waals surface area contributed by atoms with Gasteiger partial charge in [-0.3, -0.25) is 14.7 Å². The molecule has 4 heterocycles. The zero-order valence-corrected chi connectivity index (χ0v) is 20.2. The van der Waals surface area contributed by atoms with Crippen molar-refractivity contribution in [2.24, 2.45) is 0 Å². The Labute approximate surface area is 202 Å². The van der Waals surface area contributed by atoms with Crippen LogP contribution in [0.4, 0.5) is 5.82 Å². The van der Waals surface area contributed by atoms with Crippen LogP contribution in [-0.2, 0) is 0 Å². The van der Waals surface area contributed by atoms with Crippen LogP contribution in [0.25, 0.3) is 21.3 Å². The predicted octanol–water partition coefficient (Wildman–Crippen LogP) is 4.17. The summed E-state index contributed by atoms with van der Waals surface area (Å²) in [4.78, 5) is 25.0. The normalized spacial score (nSPS) is 15.9. The molecule has 1 aromatic carbocycles. The van der Waals surface area contributed by atoms with Gasteiger partial charge in [-0.05, 0) is 63.1 Å². The average Bonchev–Trinajstić information content (AvgIpc) is 3.31. The summed E-state index contributed by atoms with van der Waals surface area (Å²) in [6, 6.07) is 9.50. The first-order chi connectivity index (χ1) is 16.6. The third-order valence-electron chi connectivity index (χ3n) is 6.13. The van der Waals surface area contributed by atoms with Crippen molar-refractivity contribution in [3.8, 4) is 16.3 Å². The standard InChI is InChI=1S/C25H26N6O2S/c1-15-6-9-21(33-3)19-10-12-27-23(22(15)19)31(18-5-4-11-26-14-18)25(32)20-8-7-17(13-28-20)24-30-29-16(2)34-24/h6-10,12-13,18,26H,4-5,11,14H2,1-3H3/t18-/m1/s1. The SMILES string of the molecule is COc1ccc(C)c2c(N(C(=O)c3ccc(-c4nnc(C)s4)cn3)[C@@H]3CCCNC3)nccc12. The Hall–Kier alpha value is -3.43. The second kappa shape index (κ2) is 9.44. The Kier molecular flexibility index (Phi) is 6.21. The number of piperidine rings is 1. The monoisotopic (exact) mass is 474 g/mol. The lowest BCUT2D eigenvalue weighted by atomic mass is 10.0. The molecule has 0 saturated carbocycles. The third kappa shape index (κ3) is 4.12. The summed E-state index contributed by atoms with van der Waals surface area (Å²) in [7, 11) is 1.66. The molecule has 8 nitrogen and oxygen atoms in total. The number of aromatic nitrogens is 4. The first-order valence-corrected chi connectivity index (χ1v) is 12.1. The Morgan fingerprint density at radius 3 is 2.71 bits per heavy atom. The number of hydrogen-bond acceptors (Lipinski definition) is 8. The van der Waals surface area contributed by atoms with Crippen molar-refractivity contribution in [1.29, 1.82) is 0 Å². The average molecular weight is 475 g/mol. The van der Waals surface area contributed by atoms with E-state index < -0.39 is 0 Å². The fourth-order valence-corrected chi connectivity index (χ4v) is 5.13. The molecular formula is C25H26N6O2S. The Bertz CT molecular complexity index is 1330. The molecule has 1 aliphatic rings. The van der Waals surface area contributed by atoms with E-state index >= 15 is 0 Å². The predicted molar refractivity (Wildman–Crippen MR) is 134 cm³/mol.